The summed E-state index contributed by atoms with van der Waals surface area (Å²) >= 11 is 0. The Morgan fingerprint density at radius 1 is 1.39 bits per heavy atom. The molecule has 2 rings (SSSR count). The maximum atomic E-state index is 12.3. The van der Waals surface area contributed by atoms with Crippen molar-refractivity contribution in [2.24, 2.45) is 0 Å². The molecule has 0 atom stereocenters. The number of nitrogens with zero attached hydrogens (tertiary/aromatic N) is 1. The molecule has 0 aromatic heterocycles. The molecule has 0 aliphatic carbocycles. The highest BCUT2D eigenvalue weighted by Crippen LogP contribution is 2.23. The van der Waals surface area contributed by atoms with Gasteiger partial charge in [0.25, 0.3) is 5.91 Å². The molecule has 1 amide bonds. The first-order chi connectivity index (χ1) is 8.47. The zero-order valence-corrected chi connectivity index (χ0v) is 10.8. The standard InChI is InChI=1S/C14H19NO3/c1-14(2,17)7-8-15-9-10-18-12-6-4-3-5-11(12)13(15)16/h3-6,17H,7-10H2,1-2H3. The van der Waals surface area contributed by atoms with Crippen LogP contribution in [-0.2, 0) is 0 Å². The number of rotatable bonds is 3. The minimum atomic E-state index is -0.757. The van der Waals surface area contributed by atoms with E-state index in [1.807, 2.05) is 18.2 Å². The summed E-state index contributed by atoms with van der Waals surface area (Å²) in [6.07, 6.45) is 0.556. The van der Waals surface area contributed by atoms with Gasteiger partial charge in [0.15, 0.2) is 0 Å². The highest BCUT2D eigenvalue weighted by molar-refractivity contribution is 5.97. The summed E-state index contributed by atoms with van der Waals surface area (Å²) in [6.45, 7) is 5.09. The van der Waals surface area contributed by atoms with Crippen LogP contribution in [0.25, 0.3) is 0 Å². The molecule has 0 unspecified atom stereocenters. The molecule has 1 aliphatic rings. The van der Waals surface area contributed by atoms with Crippen molar-refractivity contribution in [3.05, 3.63) is 29.8 Å². The number of aliphatic hydroxyl groups is 1. The maximum Gasteiger partial charge on any atom is 0.257 e. The van der Waals surface area contributed by atoms with Gasteiger partial charge in [-0.05, 0) is 32.4 Å². The second-order valence-corrected chi connectivity index (χ2v) is 5.20. The summed E-state index contributed by atoms with van der Waals surface area (Å²) in [6, 6.07) is 7.28. The quantitative estimate of drug-likeness (QED) is 0.886. The van der Waals surface area contributed by atoms with E-state index in [4.69, 9.17) is 4.74 Å². The summed E-state index contributed by atoms with van der Waals surface area (Å²) in [4.78, 5) is 14.1. The van der Waals surface area contributed by atoms with Gasteiger partial charge < -0.3 is 14.7 Å². The Morgan fingerprint density at radius 2 is 2.11 bits per heavy atom. The topological polar surface area (TPSA) is 49.8 Å². The molecular weight excluding hydrogens is 230 g/mol. The van der Waals surface area contributed by atoms with Crippen LogP contribution >= 0.6 is 0 Å². The van der Waals surface area contributed by atoms with Crippen molar-refractivity contribution in [2.45, 2.75) is 25.9 Å². The maximum absolute atomic E-state index is 12.3. The third-order valence-electron chi connectivity index (χ3n) is 3.02. The first kappa shape index (κ1) is 12.9. The number of carbonyl (C=O) groups excluding carboxylic acids is 1. The van der Waals surface area contributed by atoms with Crippen LogP contribution in [0.3, 0.4) is 0 Å². The second kappa shape index (κ2) is 4.98. The van der Waals surface area contributed by atoms with Crippen molar-refractivity contribution < 1.29 is 14.6 Å². The van der Waals surface area contributed by atoms with Crippen LogP contribution in [-0.4, -0.2) is 41.2 Å². The molecule has 1 heterocycles. The molecule has 0 spiro atoms. The Bertz CT molecular complexity index is 437. The molecule has 0 bridgehead atoms. The zero-order chi connectivity index (χ0) is 13.2. The van der Waals surface area contributed by atoms with Gasteiger partial charge in [0.1, 0.15) is 12.4 Å². The van der Waals surface area contributed by atoms with E-state index in [-0.39, 0.29) is 5.91 Å². The molecule has 0 saturated heterocycles. The lowest BCUT2D eigenvalue weighted by molar-refractivity contribution is 0.0501. The van der Waals surface area contributed by atoms with Crippen LogP contribution < -0.4 is 4.74 Å². The Balaban J connectivity index is 2.13. The Kier molecular flexibility index (Phi) is 3.57. The fourth-order valence-electron chi connectivity index (χ4n) is 1.93. The molecule has 0 fully saturated rings. The molecule has 4 heteroatoms. The number of para-hydroxylation sites is 1. The number of fused-ring (bicyclic) bond motifs is 1. The van der Waals surface area contributed by atoms with Crippen LogP contribution in [0.15, 0.2) is 24.3 Å². The van der Waals surface area contributed by atoms with E-state index in [0.717, 1.165) is 0 Å². The predicted molar refractivity (Wildman–Crippen MR) is 68.8 cm³/mol. The summed E-state index contributed by atoms with van der Waals surface area (Å²) in [5.41, 5.74) is -0.154. The van der Waals surface area contributed by atoms with Crippen LogP contribution in [0, 0.1) is 0 Å². The fourth-order valence-corrected chi connectivity index (χ4v) is 1.93. The van der Waals surface area contributed by atoms with E-state index in [1.165, 1.54) is 0 Å². The highest BCUT2D eigenvalue weighted by atomic mass is 16.5. The monoisotopic (exact) mass is 249 g/mol. The third-order valence-corrected chi connectivity index (χ3v) is 3.02. The van der Waals surface area contributed by atoms with Gasteiger partial charge in [-0.15, -0.1) is 0 Å². The first-order valence-corrected chi connectivity index (χ1v) is 6.21. The summed E-state index contributed by atoms with van der Waals surface area (Å²) in [7, 11) is 0. The van der Waals surface area contributed by atoms with Crippen molar-refractivity contribution in [1.82, 2.24) is 4.90 Å². The normalized spacial score (nSPS) is 15.9. The Morgan fingerprint density at radius 3 is 2.83 bits per heavy atom. The molecule has 1 aromatic rings. The van der Waals surface area contributed by atoms with E-state index in [1.54, 1.807) is 24.8 Å². The van der Waals surface area contributed by atoms with Crippen LogP contribution in [0.1, 0.15) is 30.6 Å². The molecule has 0 saturated carbocycles. The predicted octanol–water partition coefficient (Wildman–Crippen LogP) is 1.68. The lowest BCUT2D eigenvalue weighted by Crippen LogP contribution is -2.36. The van der Waals surface area contributed by atoms with Gasteiger partial charge in [-0.25, -0.2) is 0 Å². The van der Waals surface area contributed by atoms with Crippen molar-refractivity contribution in [3.8, 4) is 5.75 Å². The molecule has 1 aliphatic heterocycles. The SMILES string of the molecule is CC(C)(O)CCN1CCOc2ccccc2C1=O. The van der Waals surface area contributed by atoms with Crippen molar-refractivity contribution in [2.75, 3.05) is 19.7 Å². The van der Waals surface area contributed by atoms with Gasteiger partial charge in [-0.3, -0.25) is 4.79 Å². The number of amides is 1. The van der Waals surface area contributed by atoms with Crippen LogP contribution in [0.2, 0.25) is 0 Å². The smallest absolute Gasteiger partial charge is 0.257 e. The number of hydrogen-bond donors (Lipinski definition) is 1. The number of hydrogen-bond acceptors (Lipinski definition) is 3. The third kappa shape index (κ3) is 3.01. The van der Waals surface area contributed by atoms with Crippen LogP contribution in [0.4, 0.5) is 0 Å². The molecule has 0 radical (unpaired) electrons. The molecule has 4 nitrogen and oxygen atoms in total. The largest absolute Gasteiger partial charge is 0.491 e. The molecule has 1 aromatic carbocycles. The molecule has 98 valence electrons. The lowest BCUT2D eigenvalue weighted by Gasteiger charge is -2.24. The number of carbonyl (C=O) groups is 1. The lowest BCUT2D eigenvalue weighted by atomic mass is 10.1. The van der Waals surface area contributed by atoms with Gasteiger partial charge >= 0.3 is 0 Å². The molecular formula is C14H19NO3. The van der Waals surface area contributed by atoms with E-state index in [2.05, 4.69) is 0 Å². The van der Waals surface area contributed by atoms with Crippen molar-refractivity contribution in [3.63, 3.8) is 0 Å². The van der Waals surface area contributed by atoms with Gasteiger partial charge in [0.2, 0.25) is 0 Å². The van der Waals surface area contributed by atoms with Gasteiger partial charge in [0, 0.05) is 6.54 Å². The number of ether oxygens (including phenoxy) is 1. The Hall–Kier alpha value is -1.55. The van der Waals surface area contributed by atoms with E-state index < -0.39 is 5.60 Å². The van der Waals surface area contributed by atoms with E-state index in [0.29, 0.717) is 37.4 Å². The summed E-state index contributed by atoms with van der Waals surface area (Å²) < 4.78 is 5.56. The average Bonchev–Trinajstić information content (AvgIpc) is 2.46. The minimum absolute atomic E-state index is 0.0210. The van der Waals surface area contributed by atoms with Gasteiger partial charge in [0.05, 0.1) is 17.7 Å². The fraction of sp³-hybridized carbons (Fsp3) is 0.500. The first-order valence-electron chi connectivity index (χ1n) is 6.21. The van der Waals surface area contributed by atoms with Crippen molar-refractivity contribution >= 4 is 5.91 Å². The summed E-state index contributed by atoms with van der Waals surface area (Å²) in [5, 5.41) is 9.73. The van der Waals surface area contributed by atoms with E-state index >= 15 is 0 Å². The van der Waals surface area contributed by atoms with Gasteiger partial charge in [-0.1, -0.05) is 12.1 Å². The average molecular weight is 249 g/mol. The van der Waals surface area contributed by atoms with Crippen molar-refractivity contribution in [1.29, 1.82) is 0 Å². The Labute approximate surface area is 107 Å². The highest BCUT2D eigenvalue weighted by Gasteiger charge is 2.24. The van der Waals surface area contributed by atoms with Gasteiger partial charge in [-0.2, -0.15) is 0 Å². The summed E-state index contributed by atoms with van der Waals surface area (Å²) in [5.74, 6) is 0.626. The van der Waals surface area contributed by atoms with E-state index in [9.17, 15) is 9.90 Å². The zero-order valence-electron chi connectivity index (χ0n) is 10.8. The second-order valence-electron chi connectivity index (χ2n) is 5.20. The molecule has 1 N–H and O–H groups in total. The van der Waals surface area contributed by atoms with Crippen LogP contribution in [0.5, 0.6) is 5.75 Å². The molecule has 18 heavy (non-hydrogen) atoms. The number of benzene rings is 1. The minimum Gasteiger partial charge on any atom is -0.491 e.